The second-order valence-electron chi connectivity index (χ2n) is 5.40. The van der Waals surface area contributed by atoms with E-state index < -0.39 is 23.5 Å². The zero-order valence-corrected chi connectivity index (χ0v) is 15.6. The van der Waals surface area contributed by atoms with Crippen LogP contribution in [0.1, 0.15) is 12.2 Å². The molecule has 0 aliphatic rings. The standard InChI is InChI=1S/C20H20N2O6/c1-5-9-20(12-21,13-22)16(14-8-7-11-27-14)15(18(23)25-3)17(19(24)26-4)28-10-6-2/h5-8,11,17H,1-2,9-10H2,3-4H3/b16-15-. The number of carbonyl (C=O) groups is 2. The molecule has 0 bridgehead atoms. The Balaban J connectivity index is 4.01. The molecule has 0 radical (unpaired) electrons. The molecule has 0 aliphatic carbocycles. The van der Waals surface area contributed by atoms with Crippen molar-refractivity contribution in [1.29, 1.82) is 10.5 Å². The molecule has 0 N–H and O–H groups in total. The summed E-state index contributed by atoms with van der Waals surface area (Å²) in [5, 5.41) is 19.6. The molecule has 0 spiro atoms. The number of hydrogen-bond donors (Lipinski definition) is 0. The van der Waals surface area contributed by atoms with Gasteiger partial charge >= 0.3 is 11.9 Å². The van der Waals surface area contributed by atoms with Crippen molar-refractivity contribution in [3.05, 3.63) is 55.0 Å². The van der Waals surface area contributed by atoms with Gasteiger partial charge in [-0.25, -0.2) is 9.59 Å². The van der Waals surface area contributed by atoms with E-state index in [9.17, 15) is 20.1 Å². The highest BCUT2D eigenvalue weighted by atomic mass is 16.6. The number of ether oxygens (including phenoxy) is 3. The lowest BCUT2D eigenvalue weighted by Crippen LogP contribution is -2.35. The van der Waals surface area contributed by atoms with E-state index in [2.05, 4.69) is 13.2 Å². The summed E-state index contributed by atoms with van der Waals surface area (Å²) in [6.07, 6.45) is 2.29. The lowest BCUT2D eigenvalue weighted by molar-refractivity contribution is -0.154. The number of furan rings is 1. The van der Waals surface area contributed by atoms with Gasteiger partial charge in [-0.2, -0.15) is 10.5 Å². The number of allylic oxidation sites excluding steroid dienone is 2. The molecule has 1 rings (SSSR count). The Bertz CT molecular complexity index is 825. The first kappa shape index (κ1) is 22.4. The van der Waals surface area contributed by atoms with Crippen molar-refractivity contribution < 1.29 is 28.2 Å². The third kappa shape index (κ3) is 4.56. The van der Waals surface area contributed by atoms with E-state index in [-0.39, 0.29) is 29.9 Å². The first-order chi connectivity index (χ1) is 13.5. The van der Waals surface area contributed by atoms with E-state index in [1.807, 2.05) is 12.1 Å². The monoisotopic (exact) mass is 384 g/mol. The molecule has 1 aromatic rings. The number of esters is 2. The molecule has 0 fully saturated rings. The van der Waals surface area contributed by atoms with Crippen molar-refractivity contribution in [3.8, 4) is 12.1 Å². The van der Waals surface area contributed by atoms with Gasteiger partial charge in [-0.05, 0) is 12.1 Å². The minimum Gasteiger partial charge on any atom is -0.467 e. The highest BCUT2D eigenvalue weighted by molar-refractivity contribution is 6.05. The van der Waals surface area contributed by atoms with Crippen LogP contribution in [0.5, 0.6) is 0 Å². The molecule has 1 unspecified atom stereocenters. The van der Waals surface area contributed by atoms with Crippen LogP contribution in [0, 0.1) is 28.1 Å². The molecular weight excluding hydrogens is 364 g/mol. The molecule has 146 valence electrons. The second kappa shape index (κ2) is 10.5. The van der Waals surface area contributed by atoms with Gasteiger partial charge in [0.1, 0.15) is 5.76 Å². The number of carbonyl (C=O) groups excluding carboxylic acids is 2. The molecule has 8 heteroatoms. The minimum absolute atomic E-state index is 0.0291. The zero-order chi connectivity index (χ0) is 21.2. The van der Waals surface area contributed by atoms with Crippen molar-refractivity contribution >= 4 is 17.5 Å². The number of methoxy groups -OCH3 is 2. The van der Waals surface area contributed by atoms with E-state index >= 15 is 0 Å². The summed E-state index contributed by atoms with van der Waals surface area (Å²) in [7, 11) is 2.21. The van der Waals surface area contributed by atoms with Crippen molar-refractivity contribution in [2.24, 2.45) is 5.41 Å². The fourth-order valence-corrected chi connectivity index (χ4v) is 2.53. The first-order valence-corrected chi connectivity index (χ1v) is 8.06. The van der Waals surface area contributed by atoms with Crippen LogP contribution in [-0.4, -0.2) is 38.9 Å². The predicted octanol–water partition coefficient (Wildman–Crippen LogP) is 2.56. The van der Waals surface area contributed by atoms with Gasteiger partial charge in [0.25, 0.3) is 0 Å². The van der Waals surface area contributed by atoms with Crippen LogP contribution in [0.25, 0.3) is 5.57 Å². The highest BCUT2D eigenvalue weighted by Crippen LogP contribution is 2.42. The summed E-state index contributed by atoms with van der Waals surface area (Å²) >= 11 is 0. The summed E-state index contributed by atoms with van der Waals surface area (Å²) in [6.45, 7) is 6.96. The van der Waals surface area contributed by atoms with Crippen LogP contribution in [0.4, 0.5) is 0 Å². The van der Waals surface area contributed by atoms with Gasteiger partial charge in [-0.1, -0.05) is 12.2 Å². The maximum absolute atomic E-state index is 12.7. The molecule has 0 aliphatic heterocycles. The molecule has 1 atom stereocenters. The number of nitriles is 2. The van der Waals surface area contributed by atoms with E-state index in [1.54, 1.807) is 0 Å². The maximum Gasteiger partial charge on any atom is 0.339 e. The summed E-state index contributed by atoms with van der Waals surface area (Å²) in [5.41, 5.74) is -2.43. The number of hydrogen-bond acceptors (Lipinski definition) is 8. The third-order valence-electron chi connectivity index (χ3n) is 3.76. The second-order valence-corrected chi connectivity index (χ2v) is 5.40. The lowest BCUT2D eigenvalue weighted by Gasteiger charge is -2.25. The number of rotatable bonds is 10. The van der Waals surface area contributed by atoms with Crippen molar-refractivity contribution in [1.82, 2.24) is 0 Å². The quantitative estimate of drug-likeness (QED) is 0.343. The third-order valence-corrected chi connectivity index (χ3v) is 3.76. The molecule has 1 heterocycles. The molecule has 28 heavy (non-hydrogen) atoms. The summed E-state index contributed by atoms with van der Waals surface area (Å²) in [5.74, 6) is -1.87. The van der Waals surface area contributed by atoms with Crippen LogP contribution in [0.2, 0.25) is 0 Å². The summed E-state index contributed by atoms with van der Waals surface area (Å²) < 4.78 is 20.3. The maximum atomic E-state index is 12.7. The molecule has 1 aromatic heterocycles. The van der Waals surface area contributed by atoms with Gasteiger partial charge in [0.15, 0.2) is 11.5 Å². The van der Waals surface area contributed by atoms with E-state index in [4.69, 9.17) is 18.6 Å². The van der Waals surface area contributed by atoms with Gasteiger partial charge in [-0.15, -0.1) is 13.2 Å². The topological polar surface area (TPSA) is 123 Å². The van der Waals surface area contributed by atoms with Gasteiger partial charge in [-0.3, -0.25) is 0 Å². The van der Waals surface area contributed by atoms with Gasteiger partial charge in [0, 0.05) is 12.0 Å². The van der Waals surface area contributed by atoms with E-state index in [0.29, 0.717) is 0 Å². The Morgan fingerprint density at radius 3 is 2.36 bits per heavy atom. The summed E-state index contributed by atoms with van der Waals surface area (Å²) in [6, 6.07) is 6.75. The van der Waals surface area contributed by atoms with Gasteiger partial charge in [0.2, 0.25) is 0 Å². The van der Waals surface area contributed by atoms with Crippen LogP contribution in [0.3, 0.4) is 0 Å². The minimum atomic E-state index is -1.90. The van der Waals surface area contributed by atoms with Crippen LogP contribution in [-0.2, 0) is 23.8 Å². The molecule has 0 saturated carbocycles. The Hall–Kier alpha value is -3.62. The Morgan fingerprint density at radius 2 is 1.93 bits per heavy atom. The zero-order valence-electron chi connectivity index (χ0n) is 15.6. The van der Waals surface area contributed by atoms with E-state index in [0.717, 1.165) is 14.2 Å². The Morgan fingerprint density at radius 1 is 1.25 bits per heavy atom. The average Bonchev–Trinajstić information content (AvgIpc) is 3.25. The molecular formula is C20H20N2O6. The van der Waals surface area contributed by atoms with Crippen LogP contribution < -0.4 is 0 Å². The fraction of sp³-hybridized carbons (Fsp3) is 0.300. The van der Waals surface area contributed by atoms with Gasteiger partial charge < -0.3 is 18.6 Å². The van der Waals surface area contributed by atoms with Gasteiger partial charge in [0.05, 0.1) is 44.8 Å². The Labute approximate surface area is 162 Å². The van der Waals surface area contributed by atoms with Crippen LogP contribution >= 0.6 is 0 Å². The molecule has 0 amide bonds. The van der Waals surface area contributed by atoms with Crippen molar-refractivity contribution in [2.75, 3.05) is 20.8 Å². The fourth-order valence-electron chi connectivity index (χ4n) is 2.53. The molecule has 0 aromatic carbocycles. The predicted molar refractivity (Wildman–Crippen MR) is 98.1 cm³/mol. The number of nitrogens with zero attached hydrogens (tertiary/aromatic N) is 2. The van der Waals surface area contributed by atoms with Crippen molar-refractivity contribution in [2.45, 2.75) is 12.5 Å². The SMILES string of the molecule is C=CCOC(C(=O)OC)/C(C(=O)OC)=C(\c1ccco1)C(C#N)(C#N)CC=C. The normalized spacial score (nSPS) is 12.6. The lowest BCUT2D eigenvalue weighted by atomic mass is 9.75. The largest absolute Gasteiger partial charge is 0.467 e. The summed E-state index contributed by atoms with van der Waals surface area (Å²) in [4.78, 5) is 25.1. The van der Waals surface area contributed by atoms with Crippen LogP contribution in [0.15, 0.2) is 53.7 Å². The first-order valence-electron chi connectivity index (χ1n) is 8.06. The molecule has 0 saturated heterocycles. The average molecular weight is 384 g/mol. The smallest absolute Gasteiger partial charge is 0.339 e. The van der Waals surface area contributed by atoms with E-state index in [1.165, 1.54) is 30.5 Å². The molecule has 8 nitrogen and oxygen atoms in total. The highest BCUT2D eigenvalue weighted by Gasteiger charge is 2.44. The van der Waals surface area contributed by atoms with Crippen molar-refractivity contribution in [3.63, 3.8) is 0 Å². The Kier molecular flexibility index (Phi) is 8.42.